The summed E-state index contributed by atoms with van der Waals surface area (Å²) in [6, 6.07) is 5.72. The minimum absolute atomic E-state index is 0.00216. The van der Waals surface area contributed by atoms with Gasteiger partial charge in [-0.05, 0) is 37.5 Å². The highest BCUT2D eigenvalue weighted by Gasteiger charge is 2.30. The maximum Gasteiger partial charge on any atom is 0.324 e. The fraction of sp³-hybridized carbons (Fsp3) is 0.467. The molecule has 0 aromatic heterocycles. The predicted octanol–water partition coefficient (Wildman–Crippen LogP) is 2.57. The Labute approximate surface area is 123 Å². The molecule has 0 spiro atoms. The summed E-state index contributed by atoms with van der Waals surface area (Å²) in [6.45, 7) is 3.25. The van der Waals surface area contributed by atoms with E-state index in [4.69, 9.17) is 5.11 Å². The summed E-state index contributed by atoms with van der Waals surface area (Å²) in [6.07, 6.45) is 0.772. The molecule has 2 amide bonds. The van der Waals surface area contributed by atoms with Crippen LogP contribution in [-0.4, -0.2) is 41.6 Å². The molecule has 0 radical (unpaired) electrons. The van der Waals surface area contributed by atoms with Crippen LogP contribution in [0.3, 0.4) is 0 Å². The van der Waals surface area contributed by atoms with Crippen LogP contribution in [0, 0.1) is 11.7 Å². The summed E-state index contributed by atoms with van der Waals surface area (Å²) in [5.74, 6) is -1.23. The van der Waals surface area contributed by atoms with Crippen molar-refractivity contribution in [3.8, 4) is 0 Å². The van der Waals surface area contributed by atoms with Crippen molar-refractivity contribution >= 4 is 17.7 Å². The van der Waals surface area contributed by atoms with Crippen LogP contribution in [0.2, 0.25) is 0 Å². The topological polar surface area (TPSA) is 60.9 Å². The van der Waals surface area contributed by atoms with Gasteiger partial charge in [0, 0.05) is 31.7 Å². The lowest BCUT2D eigenvalue weighted by molar-refractivity contribution is -0.138. The van der Waals surface area contributed by atoms with Crippen molar-refractivity contribution in [3.63, 3.8) is 0 Å². The SMILES string of the molecule is CCN(C(=O)N1CCC(CC(=O)O)C1)c1cccc(F)c1. The average Bonchev–Trinajstić information content (AvgIpc) is 2.87. The van der Waals surface area contributed by atoms with Gasteiger partial charge in [0.15, 0.2) is 0 Å². The summed E-state index contributed by atoms with van der Waals surface area (Å²) in [4.78, 5) is 26.4. The second-order valence-electron chi connectivity index (χ2n) is 5.21. The van der Waals surface area contributed by atoms with Crippen LogP contribution in [-0.2, 0) is 4.79 Å². The van der Waals surface area contributed by atoms with Gasteiger partial charge in [0.25, 0.3) is 0 Å². The van der Waals surface area contributed by atoms with Crippen molar-refractivity contribution in [1.82, 2.24) is 4.90 Å². The van der Waals surface area contributed by atoms with E-state index in [1.165, 1.54) is 17.0 Å². The Balaban J connectivity index is 2.06. The molecular formula is C15H19FN2O3. The molecule has 1 aromatic rings. The first-order chi connectivity index (χ1) is 10.0. The molecule has 0 saturated carbocycles. The molecule has 1 unspecified atom stereocenters. The van der Waals surface area contributed by atoms with Crippen molar-refractivity contribution in [2.24, 2.45) is 5.92 Å². The molecule has 0 aliphatic carbocycles. The molecule has 1 aromatic carbocycles. The zero-order valence-corrected chi connectivity index (χ0v) is 12.0. The van der Waals surface area contributed by atoms with Gasteiger partial charge in [0.1, 0.15) is 5.82 Å². The van der Waals surface area contributed by atoms with E-state index in [0.29, 0.717) is 31.7 Å². The molecule has 114 valence electrons. The fourth-order valence-electron chi connectivity index (χ4n) is 2.66. The average molecular weight is 294 g/mol. The lowest BCUT2D eigenvalue weighted by Gasteiger charge is -2.27. The second kappa shape index (κ2) is 6.56. The number of benzene rings is 1. The first-order valence-corrected chi connectivity index (χ1v) is 7.05. The summed E-state index contributed by atoms with van der Waals surface area (Å²) in [5, 5.41) is 8.81. The molecule has 21 heavy (non-hydrogen) atoms. The van der Waals surface area contributed by atoms with Crippen LogP contribution in [0.5, 0.6) is 0 Å². The van der Waals surface area contributed by atoms with Gasteiger partial charge < -0.3 is 10.0 Å². The zero-order chi connectivity index (χ0) is 15.4. The van der Waals surface area contributed by atoms with Crippen molar-refractivity contribution in [2.75, 3.05) is 24.5 Å². The molecule has 1 N–H and O–H groups in total. The number of halogens is 1. The quantitative estimate of drug-likeness (QED) is 0.928. The van der Waals surface area contributed by atoms with Gasteiger partial charge in [-0.25, -0.2) is 9.18 Å². The summed E-state index contributed by atoms with van der Waals surface area (Å²) < 4.78 is 13.3. The third-order valence-corrected chi connectivity index (χ3v) is 3.69. The molecule has 1 atom stereocenters. The van der Waals surface area contributed by atoms with Crippen LogP contribution >= 0.6 is 0 Å². The smallest absolute Gasteiger partial charge is 0.324 e. The predicted molar refractivity (Wildman–Crippen MR) is 76.7 cm³/mol. The number of carboxylic acid groups (broad SMARTS) is 1. The number of carbonyl (C=O) groups excluding carboxylic acids is 1. The Morgan fingerprint density at radius 2 is 2.24 bits per heavy atom. The van der Waals surface area contributed by atoms with Gasteiger partial charge in [0.05, 0.1) is 0 Å². The third-order valence-electron chi connectivity index (χ3n) is 3.69. The minimum Gasteiger partial charge on any atom is -0.481 e. The highest BCUT2D eigenvalue weighted by molar-refractivity contribution is 5.92. The Kier molecular flexibility index (Phi) is 4.77. The minimum atomic E-state index is -0.841. The number of carboxylic acids is 1. The molecule has 6 heteroatoms. The maximum atomic E-state index is 13.3. The number of nitrogens with zero attached hydrogens (tertiary/aromatic N) is 2. The lowest BCUT2D eigenvalue weighted by atomic mass is 10.1. The summed E-state index contributed by atoms with van der Waals surface area (Å²) in [5.41, 5.74) is 0.518. The molecule has 1 aliphatic rings. The van der Waals surface area contributed by atoms with Crippen molar-refractivity contribution in [3.05, 3.63) is 30.1 Å². The van der Waals surface area contributed by atoms with Gasteiger partial charge in [-0.2, -0.15) is 0 Å². The Bertz CT molecular complexity index is 535. The van der Waals surface area contributed by atoms with E-state index < -0.39 is 5.97 Å². The fourth-order valence-corrected chi connectivity index (χ4v) is 2.66. The standard InChI is InChI=1S/C15H19FN2O3/c1-2-18(13-5-3-4-12(16)9-13)15(21)17-7-6-11(10-17)8-14(19)20/h3-5,9,11H,2,6-8,10H2,1H3,(H,19,20). The highest BCUT2D eigenvalue weighted by Crippen LogP contribution is 2.23. The molecule has 0 bridgehead atoms. The van der Waals surface area contributed by atoms with Gasteiger partial charge in [-0.3, -0.25) is 9.69 Å². The molecule has 1 saturated heterocycles. The Morgan fingerprint density at radius 3 is 2.86 bits per heavy atom. The van der Waals surface area contributed by atoms with E-state index in [1.807, 2.05) is 6.92 Å². The van der Waals surface area contributed by atoms with Gasteiger partial charge in [-0.1, -0.05) is 6.07 Å². The number of amides is 2. The highest BCUT2D eigenvalue weighted by atomic mass is 19.1. The van der Waals surface area contributed by atoms with Crippen LogP contribution in [0.1, 0.15) is 19.8 Å². The van der Waals surface area contributed by atoms with Crippen molar-refractivity contribution in [2.45, 2.75) is 19.8 Å². The molecule has 1 heterocycles. The zero-order valence-electron chi connectivity index (χ0n) is 12.0. The number of carbonyl (C=O) groups is 2. The summed E-state index contributed by atoms with van der Waals surface area (Å²) >= 11 is 0. The van der Waals surface area contributed by atoms with Crippen molar-refractivity contribution in [1.29, 1.82) is 0 Å². The number of aliphatic carboxylic acids is 1. The first-order valence-electron chi connectivity index (χ1n) is 7.05. The van der Waals surface area contributed by atoms with Gasteiger partial charge >= 0.3 is 12.0 Å². The molecule has 1 fully saturated rings. The Morgan fingerprint density at radius 1 is 1.48 bits per heavy atom. The largest absolute Gasteiger partial charge is 0.481 e. The summed E-state index contributed by atoms with van der Waals surface area (Å²) in [7, 11) is 0. The van der Waals surface area contributed by atoms with E-state index in [0.717, 1.165) is 0 Å². The van der Waals surface area contributed by atoms with Crippen LogP contribution < -0.4 is 4.90 Å². The van der Waals surface area contributed by atoms with Gasteiger partial charge in [-0.15, -0.1) is 0 Å². The van der Waals surface area contributed by atoms with Gasteiger partial charge in [0.2, 0.25) is 0 Å². The Hall–Kier alpha value is -2.11. The van der Waals surface area contributed by atoms with E-state index in [1.54, 1.807) is 17.0 Å². The van der Waals surface area contributed by atoms with Crippen LogP contribution in [0.15, 0.2) is 24.3 Å². The number of urea groups is 1. The van der Waals surface area contributed by atoms with E-state index >= 15 is 0 Å². The van der Waals surface area contributed by atoms with Crippen LogP contribution in [0.25, 0.3) is 0 Å². The molecular weight excluding hydrogens is 275 g/mol. The number of rotatable bonds is 4. The van der Waals surface area contributed by atoms with E-state index in [9.17, 15) is 14.0 Å². The monoisotopic (exact) mass is 294 g/mol. The number of anilines is 1. The second-order valence-corrected chi connectivity index (χ2v) is 5.21. The van der Waals surface area contributed by atoms with Crippen molar-refractivity contribution < 1.29 is 19.1 Å². The first kappa shape index (κ1) is 15.3. The number of hydrogen-bond donors (Lipinski definition) is 1. The molecule has 1 aliphatic heterocycles. The normalized spacial score (nSPS) is 17.8. The number of likely N-dealkylation sites (tertiary alicyclic amines) is 1. The maximum absolute atomic E-state index is 13.3. The lowest BCUT2D eigenvalue weighted by Crippen LogP contribution is -2.42. The molecule has 5 nitrogen and oxygen atoms in total. The molecule has 2 rings (SSSR count). The van der Waals surface area contributed by atoms with Crippen LogP contribution in [0.4, 0.5) is 14.9 Å². The third kappa shape index (κ3) is 3.71. The van der Waals surface area contributed by atoms with E-state index in [2.05, 4.69) is 0 Å². The van der Waals surface area contributed by atoms with E-state index in [-0.39, 0.29) is 24.2 Å². The number of hydrogen-bond acceptors (Lipinski definition) is 2.